The van der Waals surface area contributed by atoms with Gasteiger partial charge in [-0.15, -0.1) is 0 Å². The van der Waals surface area contributed by atoms with Crippen LogP contribution in [0.3, 0.4) is 0 Å². The number of nitrogens with one attached hydrogen (secondary N) is 1. The Bertz CT molecular complexity index is 522. The average Bonchev–Trinajstić information content (AvgIpc) is 2.43. The third-order valence-electron chi connectivity index (χ3n) is 3.31. The summed E-state index contributed by atoms with van der Waals surface area (Å²) in [5.74, 6) is -0.198. The fraction of sp³-hybridized carbons (Fsp3) is 0.294. The van der Waals surface area contributed by atoms with E-state index in [4.69, 9.17) is 0 Å². The van der Waals surface area contributed by atoms with Crippen molar-refractivity contribution in [2.45, 2.75) is 32.7 Å². The lowest BCUT2D eigenvalue weighted by molar-refractivity contribution is 0.625. The van der Waals surface area contributed by atoms with E-state index >= 15 is 0 Å². The van der Waals surface area contributed by atoms with Crippen molar-refractivity contribution >= 4 is 5.69 Å². The number of hydrogen-bond donors (Lipinski definition) is 1. The number of aryl methyl sites for hydroxylation is 1. The van der Waals surface area contributed by atoms with Gasteiger partial charge in [-0.25, -0.2) is 4.39 Å². The zero-order valence-electron chi connectivity index (χ0n) is 11.5. The molecule has 2 heteroatoms. The molecule has 0 saturated carbocycles. The molecule has 19 heavy (non-hydrogen) atoms. The van der Waals surface area contributed by atoms with E-state index in [0.29, 0.717) is 0 Å². The van der Waals surface area contributed by atoms with Crippen LogP contribution < -0.4 is 5.32 Å². The quantitative estimate of drug-likeness (QED) is 0.787. The van der Waals surface area contributed by atoms with Crippen LogP contribution in [0.2, 0.25) is 0 Å². The minimum atomic E-state index is -0.198. The zero-order chi connectivity index (χ0) is 13.7. The Hall–Kier alpha value is -1.83. The maximum atomic E-state index is 13.3. The Morgan fingerprint density at radius 2 is 1.84 bits per heavy atom. The van der Waals surface area contributed by atoms with Crippen LogP contribution in [0.4, 0.5) is 10.1 Å². The van der Waals surface area contributed by atoms with Gasteiger partial charge in [0, 0.05) is 5.69 Å². The van der Waals surface area contributed by atoms with Gasteiger partial charge in [0.2, 0.25) is 0 Å². The fourth-order valence-corrected chi connectivity index (χ4v) is 2.23. The summed E-state index contributed by atoms with van der Waals surface area (Å²) >= 11 is 0. The molecule has 0 saturated heterocycles. The zero-order valence-corrected chi connectivity index (χ0v) is 11.5. The van der Waals surface area contributed by atoms with Gasteiger partial charge in [0.1, 0.15) is 5.82 Å². The van der Waals surface area contributed by atoms with Crippen LogP contribution in [0.25, 0.3) is 0 Å². The first kappa shape index (κ1) is 13.6. The first-order valence-electron chi connectivity index (χ1n) is 6.78. The topological polar surface area (TPSA) is 12.0 Å². The molecule has 0 bridgehead atoms. The van der Waals surface area contributed by atoms with Crippen LogP contribution >= 0.6 is 0 Å². The van der Waals surface area contributed by atoms with Crippen molar-refractivity contribution in [3.8, 4) is 0 Å². The average molecular weight is 257 g/mol. The van der Waals surface area contributed by atoms with Gasteiger partial charge in [0.05, 0.1) is 6.04 Å². The molecule has 100 valence electrons. The van der Waals surface area contributed by atoms with Gasteiger partial charge < -0.3 is 5.32 Å². The molecule has 0 spiro atoms. The SMILES string of the molecule is CCCC(Nc1cc(F)ccc1C)c1ccccc1. The third kappa shape index (κ3) is 3.57. The van der Waals surface area contributed by atoms with Gasteiger partial charge in [0.25, 0.3) is 0 Å². The highest BCUT2D eigenvalue weighted by Gasteiger charge is 2.11. The summed E-state index contributed by atoms with van der Waals surface area (Å²) in [5, 5.41) is 3.47. The molecule has 0 aromatic heterocycles. The van der Waals surface area contributed by atoms with E-state index < -0.39 is 0 Å². The Labute approximate surface area is 114 Å². The lowest BCUT2D eigenvalue weighted by Crippen LogP contribution is -2.11. The molecule has 1 atom stereocenters. The smallest absolute Gasteiger partial charge is 0.125 e. The molecule has 0 amide bonds. The lowest BCUT2D eigenvalue weighted by Gasteiger charge is -2.21. The molecule has 2 aromatic rings. The van der Waals surface area contributed by atoms with Gasteiger partial charge in [-0.05, 0) is 36.6 Å². The molecule has 0 radical (unpaired) electrons. The first-order chi connectivity index (χ1) is 9.20. The second kappa shape index (κ2) is 6.37. The summed E-state index contributed by atoms with van der Waals surface area (Å²) in [4.78, 5) is 0. The Balaban J connectivity index is 2.24. The number of benzene rings is 2. The largest absolute Gasteiger partial charge is 0.378 e. The molecular weight excluding hydrogens is 237 g/mol. The molecule has 0 aliphatic carbocycles. The fourth-order valence-electron chi connectivity index (χ4n) is 2.23. The Morgan fingerprint density at radius 1 is 1.11 bits per heavy atom. The van der Waals surface area contributed by atoms with E-state index in [1.54, 1.807) is 6.07 Å². The standard InChI is InChI=1S/C17H20FN/c1-3-7-16(14-8-5-4-6-9-14)19-17-12-15(18)11-10-13(17)2/h4-6,8-12,16,19H,3,7H2,1-2H3. The molecule has 2 aromatic carbocycles. The number of hydrogen-bond acceptors (Lipinski definition) is 1. The summed E-state index contributed by atoms with van der Waals surface area (Å²) in [6, 6.07) is 15.4. The van der Waals surface area contributed by atoms with Crippen molar-refractivity contribution in [2.75, 3.05) is 5.32 Å². The van der Waals surface area contributed by atoms with E-state index in [9.17, 15) is 4.39 Å². The third-order valence-corrected chi connectivity index (χ3v) is 3.31. The molecule has 1 N–H and O–H groups in total. The van der Waals surface area contributed by atoms with Crippen molar-refractivity contribution in [1.82, 2.24) is 0 Å². The summed E-state index contributed by atoms with van der Waals surface area (Å²) in [7, 11) is 0. The Morgan fingerprint density at radius 3 is 2.53 bits per heavy atom. The summed E-state index contributed by atoms with van der Waals surface area (Å²) < 4.78 is 13.3. The van der Waals surface area contributed by atoms with E-state index in [0.717, 1.165) is 24.1 Å². The minimum Gasteiger partial charge on any atom is -0.378 e. The van der Waals surface area contributed by atoms with Gasteiger partial charge >= 0.3 is 0 Å². The molecule has 2 rings (SSSR count). The van der Waals surface area contributed by atoms with E-state index in [1.165, 1.54) is 11.6 Å². The highest BCUT2D eigenvalue weighted by atomic mass is 19.1. The van der Waals surface area contributed by atoms with E-state index in [-0.39, 0.29) is 11.9 Å². The molecule has 1 unspecified atom stereocenters. The summed E-state index contributed by atoms with van der Waals surface area (Å²) in [6.45, 7) is 4.16. The lowest BCUT2D eigenvalue weighted by atomic mass is 10.0. The summed E-state index contributed by atoms with van der Waals surface area (Å²) in [5.41, 5.74) is 3.19. The second-order valence-corrected chi connectivity index (χ2v) is 4.86. The normalized spacial score (nSPS) is 12.2. The van der Waals surface area contributed by atoms with Crippen LogP contribution in [0.15, 0.2) is 48.5 Å². The predicted molar refractivity (Wildman–Crippen MR) is 78.9 cm³/mol. The molecular formula is C17H20FN. The van der Waals surface area contributed by atoms with E-state index in [1.807, 2.05) is 31.2 Å². The van der Waals surface area contributed by atoms with Crippen molar-refractivity contribution in [3.63, 3.8) is 0 Å². The highest BCUT2D eigenvalue weighted by molar-refractivity contribution is 5.52. The maximum absolute atomic E-state index is 13.3. The molecule has 0 aliphatic rings. The van der Waals surface area contributed by atoms with E-state index in [2.05, 4.69) is 24.4 Å². The molecule has 0 heterocycles. The van der Waals surface area contributed by atoms with Crippen molar-refractivity contribution in [1.29, 1.82) is 0 Å². The van der Waals surface area contributed by atoms with Gasteiger partial charge in [-0.3, -0.25) is 0 Å². The molecule has 1 nitrogen and oxygen atoms in total. The van der Waals surface area contributed by atoms with Crippen LogP contribution in [-0.4, -0.2) is 0 Å². The predicted octanol–water partition coefficient (Wildman–Crippen LogP) is 5.09. The van der Waals surface area contributed by atoms with Crippen molar-refractivity contribution in [3.05, 3.63) is 65.5 Å². The van der Waals surface area contributed by atoms with Gasteiger partial charge in [-0.1, -0.05) is 49.7 Å². The van der Waals surface area contributed by atoms with Crippen LogP contribution in [-0.2, 0) is 0 Å². The molecule has 0 aliphatic heterocycles. The van der Waals surface area contributed by atoms with Gasteiger partial charge in [0.15, 0.2) is 0 Å². The summed E-state index contributed by atoms with van der Waals surface area (Å²) in [6.07, 6.45) is 2.11. The molecule has 0 fully saturated rings. The Kier molecular flexibility index (Phi) is 4.56. The first-order valence-corrected chi connectivity index (χ1v) is 6.78. The second-order valence-electron chi connectivity index (χ2n) is 4.86. The highest BCUT2D eigenvalue weighted by Crippen LogP contribution is 2.26. The maximum Gasteiger partial charge on any atom is 0.125 e. The number of rotatable bonds is 5. The number of anilines is 1. The number of halogens is 1. The van der Waals surface area contributed by atoms with Crippen LogP contribution in [0, 0.1) is 12.7 Å². The van der Waals surface area contributed by atoms with Crippen LogP contribution in [0.1, 0.15) is 36.9 Å². The van der Waals surface area contributed by atoms with Gasteiger partial charge in [-0.2, -0.15) is 0 Å². The van der Waals surface area contributed by atoms with Crippen molar-refractivity contribution < 1.29 is 4.39 Å². The van der Waals surface area contributed by atoms with Crippen LogP contribution in [0.5, 0.6) is 0 Å². The van der Waals surface area contributed by atoms with Crippen molar-refractivity contribution in [2.24, 2.45) is 0 Å². The minimum absolute atomic E-state index is 0.198. The monoisotopic (exact) mass is 257 g/mol.